The zero-order valence-electron chi connectivity index (χ0n) is 6.02. The fourth-order valence-electron chi connectivity index (χ4n) is 0.855. The Labute approximate surface area is 73.3 Å². The predicted octanol–water partition coefficient (Wildman–Crippen LogP) is 0.360. The monoisotopic (exact) mass is 204 g/mol. The molecule has 72 valence electrons. The van der Waals surface area contributed by atoms with Crippen molar-refractivity contribution in [1.82, 2.24) is 10.2 Å². The van der Waals surface area contributed by atoms with Crippen LogP contribution in [0.5, 0.6) is 0 Å². The van der Waals surface area contributed by atoms with Gasteiger partial charge >= 0.3 is 6.30 Å². The van der Waals surface area contributed by atoms with Gasteiger partial charge in [-0.15, -0.1) is 12.4 Å². The summed E-state index contributed by atoms with van der Waals surface area (Å²) in [5.74, 6) is -0.575. The van der Waals surface area contributed by atoms with Gasteiger partial charge in [0.25, 0.3) is 0 Å². The van der Waals surface area contributed by atoms with Crippen molar-refractivity contribution in [3.8, 4) is 0 Å². The first-order valence-electron chi connectivity index (χ1n) is 3.08. The Kier molecular flexibility index (Phi) is 3.79. The molecule has 0 atom stereocenters. The van der Waals surface area contributed by atoms with Gasteiger partial charge in [-0.2, -0.15) is 13.2 Å². The lowest BCUT2D eigenvalue weighted by Crippen LogP contribution is -2.53. The molecule has 0 spiro atoms. The zero-order valence-corrected chi connectivity index (χ0v) is 6.84. The number of carbonyl (C=O) groups excluding carboxylic acids is 1. The molecule has 7 heteroatoms. The van der Waals surface area contributed by atoms with Gasteiger partial charge in [0.2, 0.25) is 5.91 Å². The van der Waals surface area contributed by atoms with Crippen LogP contribution in [0.1, 0.15) is 0 Å². The fourth-order valence-corrected chi connectivity index (χ4v) is 0.855. The first kappa shape index (κ1) is 11.5. The van der Waals surface area contributed by atoms with Crippen LogP contribution in [0.25, 0.3) is 0 Å². The van der Waals surface area contributed by atoms with Crippen molar-refractivity contribution < 1.29 is 18.0 Å². The normalized spacial score (nSPS) is 19.8. The second-order valence-corrected chi connectivity index (χ2v) is 2.24. The summed E-state index contributed by atoms with van der Waals surface area (Å²) < 4.78 is 35.6. The second-order valence-electron chi connectivity index (χ2n) is 2.24. The standard InChI is InChI=1S/C5H7F3N2O.ClH/c6-5(7,8)10-2-1-9-4(11)3-10;/h1-3H2,(H,9,11);1H. The first-order valence-corrected chi connectivity index (χ1v) is 3.08. The summed E-state index contributed by atoms with van der Waals surface area (Å²) >= 11 is 0. The van der Waals surface area contributed by atoms with Crippen LogP contribution in [0.3, 0.4) is 0 Å². The Morgan fingerprint density at radius 3 is 2.33 bits per heavy atom. The van der Waals surface area contributed by atoms with Gasteiger partial charge < -0.3 is 5.32 Å². The average molecular weight is 205 g/mol. The maximum atomic E-state index is 11.9. The highest BCUT2D eigenvalue weighted by Gasteiger charge is 2.39. The molecule has 1 fully saturated rings. The fraction of sp³-hybridized carbons (Fsp3) is 0.800. The Morgan fingerprint density at radius 2 is 2.00 bits per heavy atom. The van der Waals surface area contributed by atoms with Gasteiger partial charge in [0.05, 0.1) is 6.54 Å². The van der Waals surface area contributed by atoms with Gasteiger partial charge in [0, 0.05) is 13.1 Å². The van der Waals surface area contributed by atoms with E-state index < -0.39 is 18.8 Å². The van der Waals surface area contributed by atoms with Crippen LogP contribution in [-0.4, -0.2) is 36.7 Å². The summed E-state index contributed by atoms with van der Waals surface area (Å²) in [5.41, 5.74) is 0. The molecule has 0 aromatic rings. The first-order chi connectivity index (χ1) is 5.00. The number of hydrogen-bond acceptors (Lipinski definition) is 2. The number of alkyl halides is 3. The molecule has 0 aromatic heterocycles. The van der Waals surface area contributed by atoms with Crippen LogP contribution in [0.4, 0.5) is 13.2 Å². The van der Waals surface area contributed by atoms with Crippen LogP contribution in [0, 0.1) is 0 Å². The van der Waals surface area contributed by atoms with Gasteiger partial charge in [-0.3, -0.25) is 4.79 Å². The van der Waals surface area contributed by atoms with Crippen LogP contribution in [0.2, 0.25) is 0 Å². The number of nitrogens with zero attached hydrogens (tertiary/aromatic N) is 1. The molecule has 1 aliphatic rings. The van der Waals surface area contributed by atoms with Crippen molar-refractivity contribution in [2.45, 2.75) is 6.30 Å². The van der Waals surface area contributed by atoms with Gasteiger partial charge in [-0.25, -0.2) is 4.90 Å². The number of halogens is 4. The third kappa shape index (κ3) is 2.86. The quantitative estimate of drug-likeness (QED) is 0.578. The summed E-state index contributed by atoms with van der Waals surface area (Å²) in [5, 5.41) is 2.30. The predicted molar refractivity (Wildman–Crippen MR) is 37.9 cm³/mol. The zero-order chi connectivity index (χ0) is 8.48. The summed E-state index contributed by atoms with van der Waals surface area (Å²) in [6.45, 7) is -0.670. The second kappa shape index (κ2) is 3.95. The number of hydrogen-bond donors (Lipinski definition) is 1. The third-order valence-corrected chi connectivity index (χ3v) is 1.40. The van der Waals surface area contributed by atoms with E-state index in [1.807, 2.05) is 0 Å². The largest absolute Gasteiger partial charge is 0.460 e. The van der Waals surface area contributed by atoms with E-state index >= 15 is 0 Å². The lowest BCUT2D eigenvalue weighted by Gasteiger charge is -2.27. The molecular formula is C5H8ClF3N2O. The van der Waals surface area contributed by atoms with Crippen molar-refractivity contribution in [3.63, 3.8) is 0 Å². The van der Waals surface area contributed by atoms with Crippen molar-refractivity contribution in [3.05, 3.63) is 0 Å². The molecule has 1 rings (SSSR count). The van der Waals surface area contributed by atoms with Gasteiger partial charge in [0.15, 0.2) is 0 Å². The number of piperazine rings is 1. The molecule has 0 unspecified atom stereocenters. The van der Waals surface area contributed by atoms with Crippen LogP contribution in [-0.2, 0) is 4.79 Å². The third-order valence-electron chi connectivity index (χ3n) is 1.40. The molecule has 0 aromatic carbocycles. The lowest BCUT2D eigenvalue weighted by molar-refractivity contribution is -0.246. The van der Waals surface area contributed by atoms with Crippen molar-refractivity contribution >= 4 is 18.3 Å². The van der Waals surface area contributed by atoms with E-state index in [2.05, 4.69) is 5.32 Å². The summed E-state index contributed by atoms with van der Waals surface area (Å²) in [6, 6.07) is 0. The lowest BCUT2D eigenvalue weighted by atomic mass is 10.4. The summed E-state index contributed by atoms with van der Waals surface area (Å²) in [6.07, 6.45) is -4.38. The SMILES string of the molecule is Cl.O=C1CN(C(F)(F)F)CCN1. The van der Waals surface area contributed by atoms with Crippen molar-refractivity contribution in [2.24, 2.45) is 0 Å². The van der Waals surface area contributed by atoms with Gasteiger partial charge in [0.1, 0.15) is 0 Å². The molecule has 1 aliphatic heterocycles. The molecule has 12 heavy (non-hydrogen) atoms. The maximum Gasteiger partial charge on any atom is 0.460 e. The Bertz CT molecular complexity index is 173. The summed E-state index contributed by atoms with van der Waals surface area (Å²) in [4.78, 5) is 10.7. The molecule has 0 saturated carbocycles. The number of carbonyl (C=O) groups is 1. The van der Waals surface area contributed by atoms with Crippen LogP contribution < -0.4 is 5.32 Å². The smallest absolute Gasteiger partial charge is 0.354 e. The number of nitrogens with one attached hydrogen (secondary N) is 1. The van der Waals surface area contributed by atoms with Crippen LogP contribution in [0.15, 0.2) is 0 Å². The van der Waals surface area contributed by atoms with Gasteiger partial charge in [-0.05, 0) is 0 Å². The van der Waals surface area contributed by atoms with E-state index in [0.717, 1.165) is 0 Å². The summed E-state index contributed by atoms with van der Waals surface area (Å²) in [7, 11) is 0. The highest BCUT2D eigenvalue weighted by Crippen LogP contribution is 2.20. The Hall–Kier alpha value is -0.490. The van der Waals surface area contributed by atoms with E-state index in [9.17, 15) is 18.0 Å². The van der Waals surface area contributed by atoms with E-state index in [0.29, 0.717) is 0 Å². The Balaban J connectivity index is 0.00000121. The molecular weight excluding hydrogens is 197 g/mol. The van der Waals surface area contributed by atoms with Crippen molar-refractivity contribution in [1.29, 1.82) is 0 Å². The van der Waals surface area contributed by atoms with Crippen LogP contribution >= 0.6 is 12.4 Å². The molecule has 1 heterocycles. The molecule has 0 bridgehead atoms. The molecule has 1 saturated heterocycles. The maximum absolute atomic E-state index is 11.9. The molecule has 3 nitrogen and oxygen atoms in total. The minimum Gasteiger partial charge on any atom is -0.354 e. The minimum atomic E-state index is -4.38. The molecule has 1 N–H and O–H groups in total. The van der Waals surface area contributed by atoms with Crippen molar-refractivity contribution in [2.75, 3.05) is 19.6 Å². The topological polar surface area (TPSA) is 32.3 Å². The number of rotatable bonds is 0. The van der Waals surface area contributed by atoms with E-state index in [1.165, 1.54) is 0 Å². The van der Waals surface area contributed by atoms with Gasteiger partial charge in [-0.1, -0.05) is 0 Å². The average Bonchev–Trinajstić information content (AvgIpc) is 1.86. The van der Waals surface area contributed by atoms with E-state index in [1.54, 1.807) is 0 Å². The Morgan fingerprint density at radius 1 is 1.42 bits per heavy atom. The van der Waals surface area contributed by atoms with E-state index in [-0.39, 0.29) is 30.4 Å². The highest BCUT2D eigenvalue weighted by atomic mass is 35.5. The highest BCUT2D eigenvalue weighted by molar-refractivity contribution is 5.85. The van der Waals surface area contributed by atoms with E-state index in [4.69, 9.17) is 0 Å². The molecule has 0 radical (unpaired) electrons. The molecule has 0 aliphatic carbocycles. The molecule has 1 amide bonds. The minimum absolute atomic E-state index is 0. The number of amides is 1.